The summed E-state index contributed by atoms with van der Waals surface area (Å²) in [4.78, 5) is 23.8. The number of nitriles is 1. The quantitative estimate of drug-likeness (QED) is 0.677. The van der Waals surface area contributed by atoms with Crippen LogP contribution in [0.1, 0.15) is 13.8 Å². The summed E-state index contributed by atoms with van der Waals surface area (Å²) >= 11 is 0. The van der Waals surface area contributed by atoms with Gasteiger partial charge in [-0.3, -0.25) is 9.59 Å². The highest BCUT2D eigenvalue weighted by atomic mass is 16.2. The van der Waals surface area contributed by atoms with Crippen LogP contribution in [0.4, 0.5) is 0 Å². The van der Waals surface area contributed by atoms with Crippen LogP contribution in [0.5, 0.6) is 0 Å². The molecule has 0 aromatic carbocycles. The Morgan fingerprint density at radius 1 is 1.50 bits per heavy atom. The lowest BCUT2D eigenvalue weighted by molar-refractivity contribution is -0.139. The summed E-state index contributed by atoms with van der Waals surface area (Å²) < 4.78 is 0. The van der Waals surface area contributed by atoms with Crippen molar-refractivity contribution in [2.24, 2.45) is 5.41 Å². The molecule has 0 aromatic heterocycles. The van der Waals surface area contributed by atoms with Crippen molar-refractivity contribution in [3.05, 3.63) is 0 Å². The molecule has 14 heavy (non-hydrogen) atoms. The molecule has 0 radical (unpaired) electrons. The van der Waals surface area contributed by atoms with E-state index in [1.54, 1.807) is 0 Å². The number of likely N-dealkylation sites (N-methyl/N-ethyl adjacent to an activating group) is 2. The number of hydrogen-bond acceptors (Lipinski definition) is 3. The number of carbonyl (C=O) groups excluding carboxylic acids is 2. The van der Waals surface area contributed by atoms with Crippen molar-refractivity contribution in [3.63, 3.8) is 0 Å². The first-order valence-corrected chi connectivity index (χ1v) is 4.22. The molecule has 2 amide bonds. The molecule has 0 saturated carbocycles. The van der Waals surface area contributed by atoms with E-state index < -0.39 is 5.41 Å². The Balaban J connectivity index is 4.43. The molecule has 0 aromatic rings. The third kappa shape index (κ3) is 3.05. The molecule has 0 rings (SSSR count). The van der Waals surface area contributed by atoms with Gasteiger partial charge in [0.1, 0.15) is 5.41 Å². The summed E-state index contributed by atoms with van der Waals surface area (Å²) in [6.45, 7) is 3.02. The highest BCUT2D eigenvalue weighted by molar-refractivity contribution is 5.88. The van der Waals surface area contributed by atoms with Gasteiger partial charge < -0.3 is 10.2 Å². The first-order valence-electron chi connectivity index (χ1n) is 4.22. The minimum Gasteiger partial charge on any atom is -0.358 e. The molecule has 0 saturated heterocycles. The van der Waals surface area contributed by atoms with Crippen LogP contribution in [-0.2, 0) is 9.59 Å². The van der Waals surface area contributed by atoms with Gasteiger partial charge in [0.05, 0.1) is 12.6 Å². The van der Waals surface area contributed by atoms with Gasteiger partial charge in [-0.25, -0.2) is 0 Å². The summed E-state index contributed by atoms with van der Waals surface area (Å²) in [7, 11) is 2.99. The zero-order valence-corrected chi connectivity index (χ0v) is 8.92. The van der Waals surface area contributed by atoms with Crippen molar-refractivity contribution in [3.8, 4) is 6.07 Å². The van der Waals surface area contributed by atoms with Gasteiger partial charge in [-0.15, -0.1) is 0 Å². The van der Waals surface area contributed by atoms with E-state index in [1.807, 2.05) is 6.07 Å². The van der Waals surface area contributed by atoms with Crippen molar-refractivity contribution in [2.75, 3.05) is 20.6 Å². The summed E-state index contributed by atoms with van der Waals surface area (Å²) in [5.41, 5.74) is -1.08. The SMILES string of the molecule is CNC(=O)CN(C)C(=O)C(C)(C)C#N. The van der Waals surface area contributed by atoms with Crippen molar-refractivity contribution < 1.29 is 9.59 Å². The third-order valence-corrected chi connectivity index (χ3v) is 1.82. The van der Waals surface area contributed by atoms with Crippen LogP contribution in [0.3, 0.4) is 0 Å². The predicted molar refractivity (Wildman–Crippen MR) is 51.1 cm³/mol. The van der Waals surface area contributed by atoms with E-state index >= 15 is 0 Å². The Morgan fingerprint density at radius 3 is 2.36 bits per heavy atom. The number of hydrogen-bond donors (Lipinski definition) is 1. The van der Waals surface area contributed by atoms with Gasteiger partial charge in [-0.2, -0.15) is 5.26 Å². The molecule has 5 heteroatoms. The average molecular weight is 197 g/mol. The van der Waals surface area contributed by atoms with E-state index in [1.165, 1.54) is 32.8 Å². The molecule has 0 aliphatic carbocycles. The van der Waals surface area contributed by atoms with Crippen LogP contribution in [-0.4, -0.2) is 37.4 Å². The standard InChI is InChI=1S/C9H15N3O2/c1-9(2,6-10)8(14)12(4)5-7(13)11-3/h5H2,1-4H3,(H,11,13). The maximum Gasteiger partial charge on any atom is 0.242 e. The van der Waals surface area contributed by atoms with Crippen LogP contribution in [0.2, 0.25) is 0 Å². The van der Waals surface area contributed by atoms with Gasteiger partial charge in [-0.05, 0) is 13.8 Å². The Kier molecular flexibility index (Phi) is 4.09. The fourth-order valence-electron chi connectivity index (χ4n) is 0.891. The van der Waals surface area contributed by atoms with E-state index in [4.69, 9.17) is 5.26 Å². The van der Waals surface area contributed by atoms with Gasteiger partial charge in [0.15, 0.2) is 0 Å². The summed E-state index contributed by atoms with van der Waals surface area (Å²) in [5, 5.41) is 11.1. The monoisotopic (exact) mass is 197 g/mol. The first kappa shape index (κ1) is 12.4. The maximum absolute atomic E-state index is 11.6. The minimum atomic E-state index is -1.08. The smallest absolute Gasteiger partial charge is 0.242 e. The van der Waals surface area contributed by atoms with E-state index in [9.17, 15) is 9.59 Å². The molecule has 78 valence electrons. The number of amides is 2. The van der Waals surface area contributed by atoms with Crippen LogP contribution in [0, 0.1) is 16.7 Å². The largest absolute Gasteiger partial charge is 0.358 e. The van der Waals surface area contributed by atoms with Gasteiger partial charge in [0.2, 0.25) is 11.8 Å². The summed E-state index contributed by atoms with van der Waals surface area (Å²) in [6, 6.07) is 1.89. The van der Waals surface area contributed by atoms with Crippen LogP contribution < -0.4 is 5.32 Å². The molecular weight excluding hydrogens is 182 g/mol. The molecule has 5 nitrogen and oxygen atoms in total. The molecule has 0 bridgehead atoms. The van der Waals surface area contributed by atoms with Crippen LogP contribution >= 0.6 is 0 Å². The number of nitrogens with zero attached hydrogens (tertiary/aromatic N) is 2. The van der Waals surface area contributed by atoms with Crippen molar-refractivity contribution in [1.82, 2.24) is 10.2 Å². The van der Waals surface area contributed by atoms with Gasteiger partial charge >= 0.3 is 0 Å². The lowest BCUT2D eigenvalue weighted by Gasteiger charge is -2.22. The summed E-state index contributed by atoms with van der Waals surface area (Å²) in [5.74, 6) is -0.613. The minimum absolute atomic E-state index is 0.0273. The maximum atomic E-state index is 11.6. The van der Waals surface area contributed by atoms with Crippen molar-refractivity contribution >= 4 is 11.8 Å². The molecule has 0 heterocycles. The Morgan fingerprint density at radius 2 is 2.00 bits per heavy atom. The Hall–Kier alpha value is -1.57. The molecular formula is C9H15N3O2. The molecule has 0 aliphatic rings. The van der Waals surface area contributed by atoms with E-state index in [0.29, 0.717) is 0 Å². The summed E-state index contributed by atoms with van der Waals surface area (Å²) in [6.07, 6.45) is 0. The highest BCUT2D eigenvalue weighted by Crippen LogP contribution is 2.15. The van der Waals surface area contributed by atoms with Gasteiger partial charge in [0.25, 0.3) is 0 Å². The molecule has 0 unspecified atom stereocenters. The van der Waals surface area contributed by atoms with Gasteiger partial charge in [0, 0.05) is 14.1 Å². The fraction of sp³-hybridized carbons (Fsp3) is 0.667. The normalized spacial score (nSPS) is 10.2. The first-order chi connectivity index (χ1) is 6.35. The number of carbonyl (C=O) groups is 2. The number of rotatable bonds is 3. The lowest BCUT2D eigenvalue weighted by atomic mass is 9.94. The van der Waals surface area contributed by atoms with E-state index in [-0.39, 0.29) is 18.4 Å². The van der Waals surface area contributed by atoms with Crippen molar-refractivity contribution in [2.45, 2.75) is 13.8 Å². The topological polar surface area (TPSA) is 73.2 Å². The predicted octanol–water partition coefficient (Wildman–Crippen LogP) is -0.259. The second-order valence-electron chi connectivity index (χ2n) is 3.57. The molecule has 1 N–H and O–H groups in total. The Labute approximate surface area is 83.7 Å². The highest BCUT2D eigenvalue weighted by Gasteiger charge is 2.30. The Bertz CT molecular complexity index is 278. The lowest BCUT2D eigenvalue weighted by Crippen LogP contribution is -2.42. The molecule has 0 aliphatic heterocycles. The number of nitrogens with one attached hydrogen (secondary N) is 1. The van der Waals surface area contributed by atoms with Crippen LogP contribution in [0.25, 0.3) is 0 Å². The van der Waals surface area contributed by atoms with Gasteiger partial charge in [-0.1, -0.05) is 0 Å². The van der Waals surface area contributed by atoms with E-state index in [0.717, 1.165) is 0 Å². The van der Waals surface area contributed by atoms with Crippen molar-refractivity contribution in [1.29, 1.82) is 5.26 Å². The average Bonchev–Trinajstić information content (AvgIpc) is 2.16. The molecule has 0 atom stereocenters. The van der Waals surface area contributed by atoms with Crippen LogP contribution in [0.15, 0.2) is 0 Å². The zero-order chi connectivity index (χ0) is 11.4. The second kappa shape index (κ2) is 4.61. The zero-order valence-electron chi connectivity index (χ0n) is 8.92. The van der Waals surface area contributed by atoms with E-state index in [2.05, 4.69) is 5.32 Å². The third-order valence-electron chi connectivity index (χ3n) is 1.82. The molecule has 0 spiro atoms. The second-order valence-corrected chi connectivity index (χ2v) is 3.57. The fourth-order valence-corrected chi connectivity index (χ4v) is 0.891. The molecule has 0 fully saturated rings.